The van der Waals surface area contributed by atoms with Crippen molar-refractivity contribution in [3.05, 3.63) is 23.8 Å². The van der Waals surface area contributed by atoms with Gasteiger partial charge in [0.15, 0.2) is 11.5 Å². The van der Waals surface area contributed by atoms with Crippen molar-refractivity contribution < 1.29 is 19.3 Å². The first-order chi connectivity index (χ1) is 13.0. The Kier molecular flexibility index (Phi) is 4.19. The molecule has 1 aromatic rings. The van der Waals surface area contributed by atoms with Crippen molar-refractivity contribution in [2.75, 3.05) is 26.3 Å². The quantitative estimate of drug-likeness (QED) is 0.814. The van der Waals surface area contributed by atoms with Gasteiger partial charge in [-0.25, -0.2) is 0 Å². The Morgan fingerprint density at radius 1 is 1.19 bits per heavy atom. The molecule has 3 atom stereocenters. The summed E-state index contributed by atoms with van der Waals surface area (Å²) in [6.07, 6.45) is 6.25. The normalized spacial score (nSPS) is 36.2. The molecular weight excluding hydrogens is 342 g/mol. The van der Waals surface area contributed by atoms with Gasteiger partial charge in [0.1, 0.15) is 11.2 Å². The van der Waals surface area contributed by atoms with Crippen LogP contribution in [0.4, 0.5) is 0 Å². The maximum absolute atomic E-state index is 10.3. The third kappa shape index (κ3) is 2.95. The van der Waals surface area contributed by atoms with E-state index in [1.807, 2.05) is 12.1 Å². The number of fused-ring (bicyclic) bond motifs is 3. The molecule has 2 saturated heterocycles. The van der Waals surface area contributed by atoms with Gasteiger partial charge in [0.05, 0.1) is 19.3 Å². The smallest absolute Gasteiger partial charge is 0.167 e. The Bertz CT molecular complexity index is 714. The van der Waals surface area contributed by atoms with Gasteiger partial charge >= 0.3 is 0 Å². The highest BCUT2D eigenvalue weighted by molar-refractivity contribution is 5.49. The minimum absolute atomic E-state index is 0.0491. The molecule has 0 bridgehead atoms. The van der Waals surface area contributed by atoms with Crippen molar-refractivity contribution in [3.8, 4) is 11.5 Å². The van der Waals surface area contributed by atoms with Gasteiger partial charge in [0.25, 0.3) is 0 Å². The van der Waals surface area contributed by atoms with Gasteiger partial charge in [-0.1, -0.05) is 25.0 Å². The summed E-state index contributed by atoms with van der Waals surface area (Å²) >= 11 is 0. The fourth-order valence-electron chi connectivity index (χ4n) is 5.72. The Balaban J connectivity index is 1.42. The van der Waals surface area contributed by atoms with E-state index in [0.717, 1.165) is 37.7 Å². The van der Waals surface area contributed by atoms with E-state index in [1.54, 1.807) is 6.07 Å². The summed E-state index contributed by atoms with van der Waals surface area (Å²) in [5, 5.41) is 10.3. The van der Waals surface area contributed by atoms with Gasteiger partial charge in [-0.3, -0.25) is 4.90 Å². The summed E-state index contributed by atoms with van der Waals surface area (Å²) in [6.45, 7) is 7.62. The fraction of sp³-hybridized carbons (Fsp3) is 0.727. The lowest BCUT2D eigenvalue weighted by Crippen LogP contribution is -2.62. The van der Waals surface area contributed by atoms with E-state index in [0.29, 0.717) is 12.4 Å². The average Bonchev–Trinajstić information content (AvgIpc) is 3.18. The number of phenolic OH excluding ortho intramolecular Hbond substituents is 1. The highest BCUT2D eigenvalue weighted by Gasteiger charge is 2.54. The number of para-hydroxylation sites is 1. The Morgan fingerprint density at radius 3 is 2.81 bits per heavy atom. The van der Waals surface area contributed by atoms with Crippen LogP contribution in [0.3, 0.4) is 0 Å². The minimum atomic E-state index is -0.414. The van der Waals surface area contributed by atoms with E-state index in [4.69, 9.17) is 14.2 Å². The molecule has 0 amide bonds. The molecule has 0 aromatic heterocycles. The van der Waals surface area contributed by atoms with Crippen LogP contribution in [0.15, 0.2) is 18.2 Å². The number of hydrogen-bond acceptors (Lipinski definition) is 5. The SMILES string of the molecule is CC1(C)Oc2c(O)cccc2[C@H]2OC[C@@]3(C[C@@H]21)CN(C1CCCC1)CCO3. The van der Waals surface area contributed by atoms with Crippen LogP contribution in [0, 0.1) is 5.92 Å². The molecule has 0 unspecified atom stereocenters. The Hall–Kier alpha value is -1.30. The van der Waals surface area contributed by atoms with Crippen LogP contribution < -0.4 is 4.74 Å². The fourth-order valence-corrected chi connectivity index (χ4v) is 5.72. The van der Waals surface area contributed by atoms with Crippen LogP contribution in [0.5, 0.6) is 11.5 Å². The number of phenols is 1. The van der Waals surface area contributed by atoms with Crippen LogP contribution in [-0.4, -0.2) is 53.6 Å². The Labute approximate surface area is 161 Å². The predicted molar refractivity (Wildman–Crippen MR) is 102 cm³/mol. The van der Waals surface area contributed by atoms with E-state index in [9.17, 15) is 5.11 Å². The number of aromatic hydroxyl groups is 1. The molecule has 5 heteroatoms. The van der Waals surface area contributed by atoms with Crippen molar-refractivity contribution in [3.63, 3.8) is 0 Å². The molecule has 5 nitrogen and oxygen atoms in total. The predicted octanol–water partition coefficient (Wildman–Crippen LogP) is 3.65. The zero-order chi connectivity index (χ0) is 18.6. The van der Waals surface area contributed by atoms with Crippen molar-refractivity contribution in [1.82, 2.24) is 4.90 Å². The lowest BCUT2D eigenvalue weighted by molar-refractivity contribution is -0.233. The average molecular weight is 373 g/mol. The van der Waals surface area contributed by atoms with E-state index in [1.165, 1.54) is 25.7 Å². The second-order valence-electron chi connectivity index (χ2n) is 9.38. The van der Waals surface area contributed by atoms with E-state index >= 15 is 0 Å². The highest BCUT2D eigenvalue weighted by Crippen LogP contribution is 2.54. The lowest BCUT2D eigenvalue weighted by atomic mass is 9.71. The van der Waals surface area contributed by atoms with Crippen LogP contribution in [0.25, 0.3) is 0 Å². The van der Waals surface area contributed by atoms with Crippen LogP contribution in [0.1, 0.15) is 57.6 Å². The van der Waals surface area contributed by atoms with E-state index in [2.05, 4.69) is 18.7 Å². The van der Waals surface area contributed by atoms with E-state index < -0.39 is 5.60 Å². The first-order valence-corrected chi connectivity index (χ1v) is 10.5. The molecule has 3 fully saturated rings. The van der Waals surface area contributed by atoms with Crippen LogP contribution >= 0.6 is 0 Å². The molecule has 1 aromatic carbocycles. The van der Waals surface area contributed by atoms with Gasteiger partial charge in [-0.2, -0.15) is 0 Å². The molecule has 148 valence electrons. The molecule has 1 aliphatic carbocycles. The summed E-state index contributed by atoms with van der Waals surface area (Å²) in [6, 6.07) is 6.30. The first kappa shape index (κ1) is 17.8. The number of hydrogen-bond donors (Lipinski definition) is 1. The van der Waals surface area contributed by atoms with Gasteiger partial charge in [0, 0.05) is 30.6 Å². The molecule has 3 aliphatic heterocycles. The van der Waals surface area contributed by atoms with Gasteiger partial charge in [-0.05, 0) is 39.2 Å². The third-order valence-electron chi connectivity index (χ3n) is 7.19. The second kappa shape index (κ2) is 6.36. The summed E-state index contributed by atoms with van der Waals surface area (Å²) in [5.41, 5.74) is 0.317. The molecular formula is C22H31NO4. The molecule has 0 radical (unpaired) electrons. The molecule has 1 N–H and O–H groups in total. The monoisotopic (exact) mass is 373 g/mol. The van der Waals surface area contributed by atoms with Crippen molar-refractivity contribution in [1.29, 1.82) is 0 Å². The Morgan fingerprint density at radius 2 is 2.00 bits per heavy atom. The minimum Gasteiger partial charge on any atom is -0.504 e. The molecule has 1 spiro atoms. The number of nitrogens with zero attached hydrogens (tertiary/aromatic N) is 1. The number of morpholine rings is 1. The maximum Gasteiger partial charge on any atom is 0.167 e. The van der Waals surface area contributed by atoms with Crippen molar-refractivity contribution in [2.24, 2.45) is 5.92 Å². The zero-order valence-electron chi connectivity index (χ0n) is 16.4. The highest BCUT2D eigenvalue weighted by atomic mass is 16.6. The molecule has 3 heterocycles. The summed E-state index contributed by atoms with van der Waals surface area (Å²) < 4.78 is 19.1. The number of benzene rings is 1. The summed E-state index contributed by atoms with van der Waals surface area (Å²) in [7, 11) is 0. The number of ether oxygens (including phenoxy) is 3. The van der Waals surface area contributed by atoms with Crippen molar-refractivity contribution >= 4 is 0 Å². The largest absolute Gasteiger partial charge is 0.504 e. The molecule has 4 aliphatic rings. The zero-order valence-corrected chi connectivity index (χ0v) is 16.4. The third-order valence-corrected chi connectivity index (χ3v) is 7.19. The maximum atomic E-state index is 10.3. The topological polar surface area (TPSA) is 51.2 Å². The van der Waals surface area contributed by atoms with Crippen molar-refractivity contribution in [2.45, 2.75) is 69.3 Å². The number of rotatable bonds is 1. The first-order valence-electron chi connectivity index (χ1n) is 10.5. The standard InChI is InChI=1S/C22H31NO4/c1-21(2)17-12-22(13-23(10-11-26-22)15-6-3-4-7-15)14-25-19(17)16-8-5-9-18(24)20(16)27-21/h5,8-9,15,17,19,24H,3-4,6-7,10-14H2,1-2H3/t17-,19+,22+/m0/s1. The molecule has 27 heavy (non-hydrogen) atoms. The van der Waals surface area contributed by atoms with Gasteiger partial charge in [0.2, 0.25) is 0 Å². The van der Waals surface area contributed by atoms with Crippen LogP contribution in [0.2, 0.25) is 0 Å². The van der Waals surface area contributed by atoms with Gasteiger partial charge in [-0.15, -0.1) is 0 Å². The van der Waals surface area contributed by atoms with Crippen LogP contribution in [-0.2, 0) is 9.47 Å². The summed E-state index contributed by atoms with van der Waals surface area (Å²) in [4.78, 5) is 2.65. The van der Waals surface area contributed by atoms with Gasteiger partial charge < -0.3 is 19.3 Å². The van der Waals surface area contributed by atoms with E-state index in [-0.39, 0.29) is 23.4 Å². The second-order valence-corrected chi connectivity index (χ2v) is 9.38. The molecule has 1 saturated carbocycles. The molecule has 5 rings (SSSR count). The summed E-state index contributed by atoms with van der Waals surface area (Å²) in [5.74, 6) is 0.977. The lowest BCUT2D eigenvalue weighted by Gasteiger charge is -2.55.